The van der Waals surface area contributed by atoms with Crippen molar-refractivity contribution in [3.63, 3.8) is 0 Å². The zero-order valence-corrected chi connectivity index (χ0v) is 9.98. The van der Waals surface area contributed by atoms with Crippen LogP contribution < -0.4 is 5.32 Å². The van der Waals surface area contributed by atoms with Gasteiger partial charge in [0, 0.05) is 10.3 Å². The lowest BCUT2D eigenvalue weighted by Crippen LogP contribution is -2.43. The van der Waals surface area contributed by atoms with E-state index < -0.39 is 11.5 Å². The van der Waals surface area contributed by atoms with E-state index in [0.29, 0.717) is 18.4 Å². The van der Waals surface area contributed by atoms with Gasteiger partial charge < -0.3 is 10.4 Å². The lowest BCUT2D eigenvalue weighted by Gasteiger charge is -2.12. The van der Waals surface area contributed by atoms with Crippen LogP contribution in [0.5, 0.6) is 0 Å². The molecular formula is C11H13NO3S. The molecule has 0 atom stereocenters. The summed E-state index contributed by atoms with van der Waals surface area (Å²) in [7, 11) is 0. The summed E-state index contributed by atoms with van der Waals surface area (Å²) in [5, 5.41) is 13.3. The maximum Gasteiger partial charge on any atom is 0.329 e. The van der Waals surface area contributed by atoms with Gasteiger partial charge in [0.2, 0.25) is 0 Å². The van der Waals surface area contributed by atoms with E-state index in [1.165, 1.54) is 11.3 Å². The first kappa shape index (κ1) is 11.1. The largest absolute Gasteiger partial charge is 0.480 e. The highest BCUT2D eigenvalue weighted by Gasteiger charge is 2.51. The Morgan fingerprint density at radius 2 is 2.06 bits per heavy atom. The molecule has 1 aliphatic carbocycles. The number of aliphatic carboxylic acids is 1. The van der Waals surface area contributed by atoms with Crippen molar-refractivity contribution < 1.29 is 14.7 Å². The van der Waals surface area contributed by atoms with Gasteiger partial charge in [-0.25, -0.2) is 4.79 Å². The minimum atomic E-state index is -1.00. The average Bonchev–Trinajstić information content (AvgIpc) is 2.91. The number of rotatable bonds is 3. The molecule has 1 aromatic heterocycles. The summed E-state index contributed by atoms with van der Waals surface area (Å²) in [6.45, 7) is 3.82. The fraction of sp³-hybridized carbons (Fsp3) is 0.455. The highest BCUT2D eigenvalue weighted by Crippen LogP contribution is 2.36. The number of carboxylic acid groups (broad SMARTS) is 1. The first-order valence-corrected chi connectivity index (χ1v) is 5.95. The van der Waals surface area contributed by atoms with Crippen molar-refractivity contribution in [1.82, 2.24) is 5.32 Å². The molecule has 0 bridgehead atoms. The molecule has 0 aromatic carbocycles. The standard InChI is InChI=1S/C11H13NO3S/c1-6-7(2)16-5-8(6)9(13)12-11(3-4-11)10(14)15/h5H,3-4H2,1-2H3,(H,12,13)(H,14,15). The Bertz CT molecular complexity index is 460. The topological polar surface area (TPSA) is 66.4 Å². The fourth-order valence-corrected chi connectivity index (χ4v) is 2.40. The van der Waals surface area contributed by atoms with Crippen molar-refractivity contribution >= 4 is 23.2 Å². The Morgan fingerprint density at radius 1 is 1.44 bits per heavy atom. The van der Waals surface area contributed by atoms with E-state index in [1.54, 1.807) is 5.38 Å². The molecule has 0 aliphatic heterocycles. The molecule has 1 aromatic rings. The van der Waals surface area contributed by atoms with Crippen molar-refractivity contribution in [3.05, 3.63) is 21.4 Å². The van der Waals surface area contributed by atoms with Crippen LogP contribution in [0.15, 0.2) is 5.38 Å². The van der Waals surface area contributed by atoms with Crippen LogP contribution >= 0.6 is 11.3 Å². The van der Waals surface area contributed by atoms with Gasteiger partial charge in [-0.2, -0.15) is 0 Å². The second-order valence-electron chi connectivity index (χ2n) is 4.17. The summed E-state index contributed by atoms with van der Waals surface area (Å²) >= 11 is 1.51. The van der Waals surface area contributed by atoms with E-state index in [1.807, 2.05) is 13.8 Å². The number of carboxylic acids is 1. The normalized spacial score (nSPS) is 16.9. The molecule has 4 nitrogen and oxygen atoms in total. The van der Waals surface area contributed by atoms with Crippen LogP contribution in [-0.4, -0.2) is 22.5 Å². The van der Waals surface area contributed by atoms with Crippen molar-refractivity contribution in [3.8, 4) is 0 Å². The third-order valence-corrected chi connectivity index (χ3v) is 4.06. The van der Waals surface area contributed by atoms with E-state index in [4.69, 9.17) is 5.11 Å². The summed E-state index contributed by atoms with van der Waals surface area (Å²) < 4.78 is 0. The monoisotopic (exact) mass is 239 g/mol. The molecule has 0 saturated heterocycles. The average molecular weight is 239 g/mol. The van der Waals surface area contributed by atoms with Crippen molar-refractivity contribution in [2.75, 3.05) is 0 Å². The Balaban J connectivity index is 2.15. The zero-order chi connectivity index (χ0) is 11.9. The minimum absolute atomic E-state index is 0.276. The predicted molar refractivity (Wildman–Crippen MR) is 60.9 cm³/mol. The third-order valence-electron chi connectivity index (χ3n) is 3.04. The number of amides is 1. The quantitative estimate of drug-likeness (QED) is 0.843. The minimum Gasteiger partial charge on any atom is -0.480 e. The Morgan fingerprint density at radius 3 is 2.44 bits per heavy atom. The maximum absolute atomic E-state index is 11.9. The smallest absolute Gasteiger partial charge is 0.329 e. The molecule has 1 fully saturated rings. The summed E-state index contributed by atoms with van der Waals surface area (Å²) in [5.41, 5.74) is 0.526. The van der Waals surface area contributed by atoms with Gasteiger partial charge in [0.15, 0.2) is 0 Å². The number of carbonyl (C=O) groups is 2. The van der Waals surface area contributed by atoms with E-state index in [2.05, 4.69) is 5.32 Å². The lowest BCUT2D eigenvalue weighted by molar-refractivity contribution is -0.140. The van der Waals surface area contributed by atoms with Crippen molar-refractivity contribution in [1.29, 1.82) is 0 Å². The molecule has 0 radical (unpaired) electrons. The van der Waals surface area contributed by atoms with E-state index in [0.717, 1.165) is 10.4 Å². The molecule has 16 heavy (non-hydrogen) atoms. The fourth-order valence-electron chi connectivity index (χ4n) is 1.54. The molecule has 1 aliphatic rings. The molecule has 1 saturated carbocycles. The van der Waals surface area contributed by atoms with Crippen LogP contribution in [0.2, 0.25) is 0 Å². The van der Waals surface area contributed by atoms with Crippen molar-refractivity contribution in [2.45, 2.75) is 32.2 Å². The van der Waals surface area contributed by atoms with Crippen LogP contribution in [0.25, 0.3) is 0 Å². The van der Waals surface area contributed by atoms with E-state index >= 15 is 0 Å². The predicted octanol–water partition coefficient (Wildman–Crippen LogP) is 1.71. The van der Waals surface area contributed by atoms with Crippen LogP contribution in [0.4, 0.5) is 0 Å². The molecular weight excluding hydrogens is 226 g/mol. The van der Waals surface area contributed by atoms with Gasteiger partial charge in [0.25, 0.3) is 5.91 Å². The third kappa shape index (κ3) is 1.71. The highest BCUT2D eigenvalue weighted by molar-refractivity contribution is 7.10. The molecule has 1 amide bonds. The summed E-state index contributed by atoms with van der Waals surface area (Å²) in [5.74, 6) is -1.22. The second-order valence-corrected chi connectivity index (χ2v) is 5.26. The van der Waals surface area contributed by atoms with Gasteiger partial charge in [-0.1, -0.05) is 0 Å². The van der Waals surface area contributed by atoms with Gasteiger partial charge in [-0.05, 0) is 32.3 Å². The van der Waals surface area contributed by atoms with Crippen LogP contribution in [0.3, 0.4) is 0 Å². The van der Waals surface area contributed by atoms with Gasteiger partial charge >= 0.3 is 5.97 Å². The molecule has 1 heterocycles. The highest BCUT2D eigenvalue weighted by atomic mass is 32.1. The molecule has 2 rings (SSSR count). The maximum atomic E-state index is 11.9. The second kappa shape index (κ2) is 3.59. The van der Waals surface area contributed by atoms with Gasteiger partial charge in [0.1, 0.15) is 5.54 Å². The summed E-state index contributed by atoms with van der Waals surface area (Å²) in [6.07, 6.45) is 1.05. The molecule has 0 spiro atoms. The van der Waals surface area contributed by atoms with Crippen molar-refractivity contribution in [2.24, 2.45) is 0 Å². The van der Waals surface area contributed by atoms with Crippen LogP contribution in [-0.2, 0) is 4.79 Å². The lowest BCUT2D eigenvalue weighted by atomic mass is 10.1. The van der Waals surface area contributed by atoms with Crippen LogP contribution in [0, 0.1) is 13.8 Å². The number of nitrogens with one attached hydrogen (secondary N) is 1. The molecule has 2 N–H and O–H groups in total. The van der Waals surface area contributed by atoms with E-state index in [-0.39, 0.29) is 5.91 Å². The Hall–Kier alpha value is -1.36. The van der Waals surface area contributed by atoms with Gasteiger partial charge in [-0.15, -0.1) is 11.3 Å². The summed E-state index contributed by atoms with van der Waals surface area (Å²) in [6, 6.07) is 0. The van der Waals surface area contributed by atoms with Crippen LogP contribution in [0.1, 0.15) is 33.6 Å². The Kier molecular flexibility index (Phi) is 2.50. The number of hydrogen-bond donors (Lipinski definition) is 2. The number of hydrogen-bond acceptors (Lipinski definition) is 3. The summed E-state index contributed by atoms with van der Waals surface area (Å²) in [4.78, 5) is 23.9. The molecule has 86 valence electrons. The number of aryl methyl sites for hydroxylation is 1. The number of carbonyl (C=O) groups excluding carboxylic acids is 1. The first-order chi connectivity index (χ1) is 7.46. The number of thiophene rings is 1. The molecule has 0 unspecified atom stereocenters. The van der Waals surface area contributed by atoms with E-state index in [9.17, 15) is 9.59 Å². The van der Waals surface area contributed by atoms with Gasteiger partial charge in [0.05, 0.1) is 5.56 Å². The SMILES string of the molecule is Cc1scc(C(=O)NC2(C(=O)O)CC2)c1C. The Labute approximate surface area is 97.3 Å². The zero-order valence-electron chi connectivity index (χ0n) is 9.16. The first-order valence-electron chi connectivity index (χ1n) is 5.07. The van der Waals surface area contributed by atoms with Gasteiger partial charge in [-0.3, -0.25) is 4.79 Å². The molecule has 5 heteroatoms.